The highest BCUT2D eigenvalue weighted by Crippen LogP contribution is 2.35. The molecule has 8 heteroatoms. The molecule has 1 aromatic carbocycles. The quantitative estimate of drug-likeness (QED) is 0.365. The second kappa shape index (κ2) is 9.80. The Balaban J connectivity index is 2.33. The van der Waals surface area contributed by atoms with Crippen LogP contribution in [0.2, 0.25) is 10.0 Å². The lowest BCUT2D eigenvalue weighted by Crippen LogP contribution is -2.26. The number of benzene rings is 1. The van der Waals surface area contributed by atoms with Crippen molar-refractivity contribution in [3.05, 3.63) is 45.7 Å². The zero-order valence-corrected chi connectivity index (χ0v) is 17.0. The van der Waals surface area contributed by atoms with Crippen molar-refractivity contribution in [3.8, 4) is 5.75 Å². The van der Waals surface area contributed by atoms with E-state index in [1.54, 1.807) is 24.1 Å². The fourth-order valence-corrected chi connectivity index (χ4v) is 3.02. The van der Waals surface area contributed by atoms with Gasteiger partial charge < -0.3 is 14.5 Å². The minimum absolute atomic E-state index is 0.338. The van der Waals surface area contributed by atoms with Crippen molar-refractivity contribution in [2.75, 3.05) is 33.4 Å². The van der Waals surface area contributed by atoms with Crippen molar-refractivity contribution in [1.29, 1.82) is 0 Å². The molecule has 0 spiro atoms. The Morgan fingerprint density at radius 3 is 2.50 bits per heavy atom. The first-order chi connectivity index (χ1) is 12.5. The smallest absolute Gasteiger partial charge is 0.139 e. The van der Waals surface area contributed by atoms with Gasteiger partial charge in [-0.05, 0) is 31.3 Å². The van der Waals surface area contributed by atoms with Gasteiger partial charge in [-0.15, -0.1) is 0 Å². The van der Waals surface area contributed by atoms with Crippen molar-refractivity contribution in [3.63, 3.8) is 0 Å². The lowest BCUT2D eigenvalue weighted by atomic mass is 10.1. The van der Waals surface area contributed by atoms with Crippen LogP contribution < -0.4 is 4.74 Å². The van der Waals surface area contributed by atoms with Crippen LogP contribution in [0.4, 0.5) is 0 Å². The number of likely N-dealkylation sites (N-methyl/N-ethyl adjacent to an activating group) is 1. The molecule has 0 saturated heterocycles. The normalized spacial score (nSPS) is 11.9. The fourth-order valence-electron chi connectivity index (χ4n) is 2.53. The minimum atomic E-state index is 0.338. The first kappa shape index (κ1) is 20.6. The van der Waals surface area contributed by atoms with Gasteiger partial charge in [0.1, 0.15) is 23.1 Å². The topological polar surface area (TPSA) is 51.9 Å². The van der Waals surface area contributed by atoms with Crippen LogP contribution in [0.15, 0.2) is 29.6 Å². The third-order valence-electron chi connectivity index (χ3n) is 4.13. The number of oxime groups is 1. The maximum absolute atomic E-state index is 6.46. The van der Waals surface area contributed by atoms with Gasteiger partial charge in [0, 0.05) is 25.4 Å². The van der Waals surface area contributed by atoms with Gasteiger partial charge in [0.15, 0.2) is 0 Å². The number of halogens is 2. The van der Waals surface area contributed by atoms with Crippen molar-refractivity contribution in [2.45, 2.75) is 13.8 Å². The number of rotatable bonds is 9. The van der Waals surface area contributed by atoms with Crippen molar-refractivity contribution < 1.29 is 9.57 Å². The molecule has 2 rings (SSSR count). The zero-order valence-electron chi connectivity index (χ0n) is 15.5. The minimum Gasteiger partial charge on any atom is -0.495 e. The highest BCUT2D eigenvalue weighted by molar-refractivity contribution is 6.45. The molecular weight excluding hydrogens is 375 g/mol. The van der Waals surface area contributed by atoms with Gasteiger partial charge in [0.25, 0.3) is 0 Å². The molecule has 26 heavy (non-hydrogen) atoms. The molecule has 0 atom stereocenters. The van der Waals surface area contributed by atoms with Gasteiger partial charge in [0.05, 0.1) is 17.8 Å². The number of nitrogens with zero attached hydrogens (tertiary/aromatic N) is 4. The number of ether oxygens (including phenoxy) is 1. The average Bonchev–Trinajstić information content (AvgIpc) is 3.07. The maximum atomic E-state index is 6.46. The van der Waals surface area contributed by atoms with Crippen LogP contribution in [0.25, 0.3) is 0 Å². The van der Waals surface area contributed by atoms with Gasteiger partial charge in [-0.3, -0.25) is 4.68 Å². The summed E-state index contributed by atoms with van der Waals surface area (Å²) in [7, 11) is 3.38. The monoisotopic (exact) mass is 398 g/mol. The van der Waals surface area contributed by atoms with Crippen LogP contribution in [0, 0.1) is 0 Å². The predicted molar refractivity (Wildman–Crippen MR) is 106 cm³/mol. The molecule has 0 aliphatic carbocycles. The van der Waals surface area contributed by atoms with Gasteiger partial charge in [0.2, 0.25) is 0 Å². The average molecular weight is 399 g/mol. The zero-order chi connectivity index (χ0) is 19.1. The van der Waals surface area contributed by atoms with Crippen LogP contribution in [-0.4, -0.2) is 53.7 Å². The summed E-state index contributed by atoms with van der Waals surface area (Å²) in [5.41, 5.74) is 2.00. The molecule has 0 amide bonds. The molecule has 142 valence electrons. The second-order valence-corrected chi connectivity index (χ2v) is 6.34. The number of hydrogen-bond donors (Lipinski definition) is 0. The number of aryl methyl sites for hydroxylation is 1. The van der Waals surface area contributed by atoms with Gasteiger partial charge in [-0.1, -0.05) is 42.2 Å². The summed E-state index contributed by atoms with van der Waals surface area (Å²) in [6.45, 7) is 7.45. The summed E-state index contributed by atoms with van der Waals surface area (Å²) < 4.78 is 6.92. The summed E-state index contributed by atoms with van der Waals surface area (Å²) in [5, 5.41) is 9.24. The number of hydrogen-bond acceptors (Lipinski definition) is 5. The molecule has 0 aliphatic rings. The third-order valence-corrected chi connectivity index (χ3v) is 5.00. The summed E-state index contributed by atoms with van der Waals surface area (Å²) in [4.78, 5) is 7.85. The molecule has 0 fully saturated rings. The molecule has 0 bridgehead atoms. The predicted octanol–water partition coefficient (Wildman–Crippen LogP) is 3.85. The van der Waals surface area contributed by atoms with E-state index in [4.69, 9.17) is 32.8 Å². The van der Waals surface area contributed by atoms with Crippen LogP contribution in [0.3, 0.4) is 0 Å². The Hall–Kier alpha value is -1.76. The van der Waals surface area contributed by atoms with Crippen molar-refractivity contribution in [1.82, 2.24) is 14.7 Å². The Morgan fingerprint density at radius 2 is 1.92 bits per heavy atom. The van der Waals surface area contributed by atoms with E-state index in [2.05, 4.69) is 29.0 Å². The van der Waals surface area contributed by atoms with E-state index in [9.17, 15) is 0 Å². The molecule has 0 unspecified atom stereocenters. The van der Waals surface area contributed by atoms with Crippen LogP contribution in [-0.2, 0) is 11.9 Å². The lowest BCUT2D eigenvalue weighted by molar-refractivity contribution is 0.114. The molecule has 0 N–H and O–H groups in total. The van der Waals surface area contributed by atoms with E-state index in [-0.39, 0.29) is 0 Å². The third kappa shape index (κ3) is 4.69. The molecule has 2 aromatic rings. The lowest BCUT2D eigenvalue weighted by Gasteiger charge is -2.17. The van der Waals surface area contributed by atoms with Gasteiger partial charge >= 0.3 is 0 Å². The molecule has 0 saturated carbocycles. The summed E-state index contributed by atoms with van der Waals surface area (Å²) in [5.74, 6) is 0.507. The van der Waals surface area contributed by atoms with Gasteiger partial charge in [-0.2, -0.15) is 5.10 Å². The highest BCUT2D eigenvalue weighted by atomic mass is 35.5. The first-order valence-corrected chi connectivity index (χ1v) is 9.22. The van der Waals surface area contributed by atoms with E-state index in [0.717, 1.165) is 25.3 Å². The largest absolute Gasteiger partial charge is 0.495 e. The van der Waals surface area contributed by atoms with E-state index in [0.29, 0.717) is 33.7 Å². The fraction of sp³-hybridized carbons (Fsp3) is 0.444. The molecule has 1 heterocycles. The van der Waals surface area contributed by atoms with Crippen LogP contribution >= 0.6 is 23.2 Å². The van der Waals surface area contributed by atoms with Gasteiger partial charge in [-0.25, -0.2) is 0 Å². The molecule has 0 radical (unpaired) electrons. The van der Waals surface area contributed by atoms with Crippen LogP contribution in [0.5, 0.6) is 5.75 Å². The highest BCUT2D eigenvalue weighted by Gasteiger charge is 2.19. The van der Waals surface area contributed by atoms with Crippen molar-refractivity contribution in [2.24, 2.45) is 12.2 Å². The van der Waals surface area contributed by atoms with Crippen molar-refractivity contribution >= 4 is 28.9 Å². The number of methoxy groups -OCH3 is 1. The Morgan fingerprint density at radius 1 is 1.19 bits per heavy atom. The maximum Gasteiger partial charge on any atom is 0.139 e. The Kier molecular flexibility index (Phi) is 7.75. The standard InChI is InChI=1S/C18H24Cl2N4O2/c1-5-24(6-2)11-12-26-22-18(14-9-10-21-23(14)3)13-7-8-15(25-4)17(20)16(13)19/h7-10H,5-6,11-12H2,1-4H3/b22-18-. The molecule has 1 aromatic heterocycles. The molecule has 6 nitrogen and oxygen atoms in total. The SMILES string of the molecule is CCN(CC)CCO/N=C(/c1ccc(OC)c(Cl)c1Cl)c1ccnn1C. The Labute approximate surface area is 164 Å². The van der Waals surface area contributed by atoms with E-state index in [1.807, 2.05) is 19.2 Å². The summed E-state index contributed by atoms with van der Waals surface area (Å²) >= 11 is 12.8. The van der Waals surface area contributed by atoms with E-state index >= 15 is 0 Å². The van der Waals surface area contributed by atoms with E-state index < -0.39 is 0 Å². The Bertz CT molecular complexity index is 758. The van der Waals surface area contributed by atoms with Crippen LogP contribution in [0.1, 0.15) is 25.1 Å². The number of aromatic nitrogens is 2. The summed E-state index contributed by atoms with van der Waals surface area (Å²) in [6.07, 6.45) is 1.69. The molecule has 0 aliphatic heterocycles. The second-order valence-electron chi connectivity index (χ2n) is 5.58. The summed E-state index contributed by atoms with van der Waals surface area (Å²) in [6, 6.07) is 5.42. The molecular formula is C18H24Cl2N4O2. The first-order valence-electron chi connectivity index (χ1n) is 8.46. The van der Waals surface area contributed by atoms with E-state index in [1.165, 1.54) is 0 Å².